The number of nitrogens with one attached hydrogen (secondary N) is 2. The van der Waals surface area contributed by atoms with E-state index in [9.17, 15) is 13.6 Å². The number of benzene rings is 3. The van der Waals surface area contributed by atoms with Gasteiger partial charge in [-0.25, -0.2) is 14.3 Å². The van der Waals surface area contributed by atoms with Crippen LogP contribution in [0.5, 0.6) is 0 Å². The van der Waals surface area contributed by atoms with Crippen LogP contribution in [0.3, 0.4) is 0 Å². The molecule has 4 nitrogen and oxygen atoms in total. The SMILES string of the molecule is O=C(NO)c1ccc(Nc2cc(F)cc(F)c2)cc1-c1ccccc1. The second kappa shape index (κ2) is 7.11. The summed E-state index contributed by atoms with van der Waals surface area (Å²) >= 11 is 0. The van der Waals surface area contributed by atoms with E-state index in [1.165, 1.54) is 18.2 Å². The number of anilines is 2. The van der Waals surface area contributed by atoms with Gasteiger partial charge in [-0.05, 0) is 41.5 Å². The normalized spacial score (nSPS) is 10.4. The lowest BCUT2D eigenvalue weighted by Gasteiger charge is -2.13. The fourth-order valence-electron chi connectivity index (χ4n) is 2.53. The summed E-state index contributed by atoms with van der Waals surface area (Å²) in [6.45, 7) is 0. The van der Waals surface area contributed by atoms with Gasteiger partial charge < -0.3 is 5.32 Å². The molecule has 0 fully saturated rings. The van der Waals surface area contributed by atoms with Crippen LogP contribution < -0.4 is 10.8 Å². The van der Waals surface area contributed by atoms with Crippen molar-refractivity contribution < 1.29 is 18.8 Å². The number of rotatable bonds is 4. The van der Waals surface area contributed by atoms with Crippen LogP contribution in [0.1, 0.15) is 10.4 Å². The maximum absolute atomic E-state index is 13.3. The Balaban J connectivity index is 2.03. The lowest BCUT2D eigenvalue weighted by Crippen LogP contribution is -2.19. The summed E-state index contributed by atoms with van der Waals surface area (Å²) in [7, 11) is 0. The van der Waals surface area contributed by atoms with Gasteiger partial charge in [0.25, 0.3) is 5.91 Å². The van der Waals surface area contributed by atoms with E-state index in [0.29, 0.717) is 11.3 Å². The average molecular weight is 340 g/mol. The predicted octanol–water partition coefficient (Wildman–Crippen LogP) is 4.49. The second-order valence-corrected chi connectivity index (χ2v) is 5.35. The van der Waals surface area contributed by atoms with E-state index in [4.69, 9.17) is 5.21 Å². The van der Waals surface area contributed by atoms with Gasteiger partial charge in [-0.15, -0.1) is 0 Å². The molecule has 25 heavy (non-hydrogen) atoms. The zero-order valence-electron chi connectivity index (χ0n) is 13.0. The monoisotopic (exact) mass is 340 g/mol. The third kappa shape index (κ3) is 3.81. The lowest BCUT2D eigenvalue weighted by molar-refractivity contribution is 0.0707. The third-order valence-corrected chi connectivity index (χ3v) is 3.60. The average Bonchev–Trinajstić information content (AvgIpc) is 2.61. The number of hydroxylamine groups is 1. The molecular formula is C19H14F2N2O2. The molecule has 0 aliphatic rings. The summed E-state index contributed by atoms with van der Waals surface area (Å²) < 4.78 is 26.7. The van der Waals surface area contributed by atoms with Crippen LogP contribution in [-0.2, 0) is 0 Å². The molecule has 0 atom stereocenters. The minimum Gasteiger partial charge on any atom is -0.355 e. The van der Waals surface area contributed by atoms with Gasteiger partial charge in [0.05, 0.1) is 0 Å². The Morgan fingerprint density at radius 1 is 0.840 bits per heavy atom. The zero-order chi connectivity index (χ0) is 17.8. The van der Waals surface area contributed by atoms with Crippen molar-refractivity contribution in [3.8, 4) is 11.1 Å². The van der Waals surface area contributed by atoms with Crippen molar-refractivity contribution >= 4 is 17.3 Å². The molecule has 0 radical (unpaired) electrons. The molecule has 3 N–H and O–H groups in total. The van der Waals surface area contributed by atoms with E-state index in [-0.39, 0.29) is 11.3 Å². The Bertz CT molecular complexity index is 894. The number of hydrogen-bond donors (Lipinski definition) is 3. The fourth-order valence-corrected chi connectivity index (χ4v) is 2.53. The molecule has 0 saturated carbocycles. The smallest absolute Gasteiger partial charge is 0.275 e. The number of carbonyl (C=O) groups excluding carboxylic acids is 1. The van der Waals surface area contributed by atoms with Gasteiger partial charge in [0.2, 0.25) is 0 Å². The molecule has 1 amide bonds. The van der Waals surface area contributed by atoms with E-state index in [2.05, 4.69) is 5.32 Å². The van der Waals surface area contributed by atoms with Gasteiger partial charge in [0, 0.05) is 23.0 Å². The number of hydrogen-bond acceptors (Lipinski definition) is 3. The minimum atomic E-state index is -0.693. The van der Waals surface area contributed by atoms with Crippen LogP contribution in [0.4, 0.5) is 20.2 Å². The largest absolute Gasteiger partial charge is 0.355 e. The van der Waals surface area contributed by atoms with Gasteiger partial charge in [0.1, 0.15) is 11.6 Å². The molecule has 3 aromatic carbocycles. The summed E-state index contributed by atoms with van der Waals surface area (Å²) in [6, 6.07) is 17.0. The molecule has 0 unspecified atom stereocenters. The van der Waals surface area contributed by atoms with Crippen molar-refractivity contribution in [1.29, 1.82) is 0 Å². The molecular weight excluding hydrogens is 326 g/mol. The second-order valence-electron chi connectivity index (χ2n) is 5.35. The predicted molar refractivity (Wildman–Crippen MR) is 90.8 cm³/mol. The molecule has 0 bridgehead atoms. The van der Waals surface area contributed by atoms with Crippen LogP contribution >= 0.6 is 0 Å². The van der Waals surface area contributed by atoms with Crippen molar-refractivity contribution in [2.75, 3.05) is 5.32 Å². The zero-order valence-corrected chi connectivity index (χ0v) is 13.0. The van der Waals surface area contributed by atoms with Crippen molar-refractivity contribution in [3.05, 3.63) is 83.9 Å². The van der Waals surface area contributed by atoms with E-state index in [1.807, 2.05) is 30.3 Å². The molecule has 3 aromatic rings. The highest BCUT2D eigenvalue weighted by Gasteiger charge is 2.13. The Hall–Kier alpha value is -3.25. The van der Waals surface area contributed by atoms with Crippen LogP contribution in [0.25, 0.3) is 11.1 Å². The molecule has 0 saturated heterocycles. The summed E-state index contributed by atoms with van der Waals surface area (Å²) in [5.41, 5.74) is 3.99. The highest BCUT2D eigenvalue weighted by Crippen LogP contribution is 2.29. The summed E-state index contributed by atoms with van der Waals surface area (Å²) in [5.74, 6) is -2.04. The van der Waals surface area contributed by atoms with Gasteiger partial charge in [-0.3, -0.25) is 10.0 Å². The molecule has 0 heterocycles. The lowest BCUT2D eigenvalue weighted by atomic mass is 9.98. The van der Waals surface area contributed by atoms with Crippen LogP contribution in [0.15, 0.2) is 66.7 Å². The fraction of sp³-hybridized carbons (Fsp3) is 0. The Morgan fingerprint density at radius 2 is 1.52 bits per heavy atom. The van der Waals surface area contributed by atoms with Crippen molar-refractivity contribution in [2.24, 2.45) is 0 Å². The van der Waals surface area contributed by atoms with Gasteiger partial charge >= 0.3 is 0 Å². The molecule has 0 spiro atoms. The van der Waals surface area contributed by atoms with E-state index in [0.717, 1.165) is 11.6 Å². The minimum absolute atomic E-state index is 0.246. The van der Waals surface area contributed by atoms with Crippen LogP contribution in [0, 0.1) is 11.6 Å². The molecule has 0 aromatic heterocycles. The highest BCUT2D eigenvalue weighted by molar-refractivity contribution is 6.01. The molecule has 0 aliphatic heterocycles. The summed E-state index contributed by atoms with van der Waals surface area (Å²) in [5, 5.41) is 11.8. The summed E-state index contributed by atoms with van der Waals surface area (Å²) in [6.07, 6.45) is 0. The van der Waals surface area contributed by atoms with Crippen molar-refractivity contribution in [2.45, 2.75) is 0 Å². The quantitative estimate of drug-likeness (QED) is 0.484. The first-order chi connectivity index (χ1) is 12.1. The van der Waals surface area contributed by atoms with Crippen molar-refractivity contribution in [3.63, 3.8) is 0 Å². The van der Waals surface area contributed by atoms with Crippen LogP contribution in [0.2, 0.25) is 0 Å². The van der Waals surface area contributed by atoms with E-state index >= 15 is 0 Å². The highest BCUT2D eigenvalue weighted by atomic mass is 19.1. The maximum Gasteiger partial charge on any atom is 0.275 e. The third-order valence-electron chi connectivity index (χ3n) is 3.60. The first kappa shape index (κ1) is 16.6. The molecule has 0 aliphatic carbocycles. The number of halogens is 2. The van der Waals surface area contributed by atoms with Crippen molar-refractivity contribution in [1.82, 2.24) is 5.48 Å². The molecule has 3 rings (SSSR count). The van der Waals surface area contributed by atoms with E-state index in [1.54, 1.807) is 17.6 Å². The van der Waals surface area contributed by atoms with Gasteiger partial charge in [-0.2, -0.15) is 0 Å². The van der Waals surface area contributed by atoms with E-state index < -0.39 is 17.5 Å². The standard InChI is InChI=1S/C19H14F2N2O2/c20-13-8-14(21)10-16(9-13)22-15-6-7-17(19(24)23-25)18(11-15)12-4-2-1-3-5-12/h1-11,22,25H,(H,23,24). The topological polar surface area (TPSA) is 61.4 Å². The Morgan fingerprint density at radius 3 is 2.16 bits per heavy atom. The van der Waals surface area contributed by atoms with Crippen LogP contribution in [-0.4, -0.2) is 11.1 Å². The Kier molecular flexibility index (Phi) is 4.72. The van der Waals surface area contributed by atoms with Gasteiger partial charge in [0.15, 0.2) is 0 Å². The molecule has 126 valence electrons. The maximum atomic E-state index is 13.3. The summed E-state index contributed by atoms with van der Waals surface area (Å²) in [4.78, 5) is 11.9. The first-order valence-electron chi connectivity index (χ1n) is 7.44. The molecule has 6 heteroatoms. The number of carbonyl (C=O) groups is 1. The first-order valence-corrected chi connectivity index (χ1v) is 7.44. The van der Waals surface area contributed by atoms with Gasteiger partial charge in [-0.1, -0.05) is 30.3 Å². The number of amides is 1. The Labute approximate surface area is 142 Å².